The molecule has 0 radical (unpaired) electrons. The van der Waals surface area contributed by atoms with Crippen molar-refractivity contribution in [3.05, 3.63) is 53.7 Å². The minimum absolute atomic E-state index is 0.181. The van der Waals surface area contributed by atoms with Gasteiger partial charge in [0.1, 0.15) is 11.5 Å². The average Bonchev–Trinajstić information content (AvgIpc) is 2.75. The molecule has 4 aliphatic rings. The van der Waals surface area contributed by atoms with Crippen molar-refractivity contribution in [3.8, 4) is 11.5 Å². The lowest BCUT2D eigenvalue weighted by atomic mass is 9.48. The zero-order valence-electron chi connectivity index (χ0n) is 20.0. The van der Waals surface area contributed by atoms with Gasteiger partial charge in [-0.2, -0.15) is 0 Å². The van der Waals surface area contributed by atoms with E-state index in [0.717, 1.165) is 42.6 Å². The number of aryl methyl sites for hydroxylation is 1. The van der Waals surface area contributed by atoms with E-state index in [4.69, 9.17) is 0 Å². The Balaban J connectivity index is 1.26. The third kappa shape index (κ3) is 5.01. The molecule has 6 heteroatoms. The van der Waals surface area contributed by atoms with Crippen molar-refractivity contribution < 1.29 is 10.2 Å². The number of aliphatic imine (C=N–C) groups is 1. The van der Waals surface area contributed by atoms with Crippen LogP contribution in [-0.2, 0) is 12.0 Å². The maximum absolute atomic E-state index is 11.3. The van der Waals surface area contributed by atoms with Gasteiger partial charge in [0.25, 0.3) is 0 Å². The minimum atomic E-state index is 0.181. The molecular weight excluding hydrogens is 650 g/mol. The fraction of sp³-hybridized carbons (Fsp3) is 0.536. The van der Waals surface area contributed by atoms with E-state index < -0.39 is 0 Å². The van der Waals surface area contributed by atoms with Gasteiger partial charge in [0.15, 0.2) is 0 Å². The molecule has 4 aliphatic carbocycles. The van der Waals surface area contributed by atoms with Gasteiger partial charge in [-0.1, -0.05) is 6.07 Å². The van der Waals surface area contributed by atoms with Crippen molar-refractivity contribution >= 4 is 51.4 Å². The van der Waals surface area contributed by atoms with Gasteiger partial charge < -0.3 is 15.1 Å². The van der Waals surface area contributed by atoms with Crippen LogP contribution < -0.4 is 0 Å². The first-order chi connectivity index (χ1) is 16.2. The Hall–Kier alpha value is -0.870. The highest BCUT2D eigenvalue weighted by atomic mass is 127. The van der Waals surface area contributed by atoms with Crippen LogP contribution in [0.1, 0.15) is 60.8 Å². The summed E-state index contributed by atoms with van der Waals surface area (Å²) in [4.78, 5) is 6.85. The van der Waals surface area contributed by atoms with Crippen LogP contribution in [0.2, 0.25) is 0 Å². The van der Waals surface area contributed by atoms with Crippen LogP contribution in [0.5, 0.6) is 11.5 Å². The Bertz CT molecular complexity index is 1080. The van der Waals surface area contributed by atoms with E-state index in [1.807, 2.05) is 18.3 Å². The number of aromatic hydroxyl groups is 2. The molecule has 4 fully saturated rings. The summed E-state index contributed by atoms with van der Waals surface area (Å²) in [7, 11) is 2.05. The SMILES string of the molecule is Cc1cc(C=NCCN(C)Cc2cc(I)cc(I)c2O)c(O)c(C23CC4CC(CC(C4)C2)C3)c1. The van der Waals surface area contributed by atoms with E-state index in [-0.39, 0.29) is 5.41 Å². The monoisotopic (exact) mass is 684 g/mol. The molecule has 4 saturated carbocycles. The molecule has 0 atom stereocenters. The van der Waals surface area contributed by atoms with E-state index in [0.29, 0.717) is 24.6 Å². The number of phenols is 2. The summed E-state index contributed by atoms with van der Waals surface area (Å²) < 4.78 is 2.02. The molecule has 2 aromatic rings. The van der Waals surface area contributed by atoms with Gasteiger partial charge >= 0.3 is 0 Å². The van der Waals surface area contributed by atoms with Crippen LogP contribution in [0.25, 0.3) is 0 Å². The zero-order chi connectivity index (χ0) is 24.0. The summed E-state index contributed by atoms with van der Waals surface area (Å²) in [5.41, 5.74) is 4.39. The fourth-order valence-corrected chi connectivity index (χ4v) is 9.22. The largest absolute Gasteiger partial charge is 0.507 e. The predicted molar refractivity (Wildman–Crippen MR) is 155 cm³/mol. The van der Waals surface area contributed by atoms with E-state index >= 15 is 0 Å². The predicted octanol–water partition coefficient (Wildman–Crippen LogP) is 6.63. The van der Waals surface area contributed by atoms with Gasteiger partial charge in [0, 0.05) is 39.6 Å². The van der Waals surface area contributed by atoms with Gasteiger partial charge in [-0.05, 0) is 145 Å². The van der Waals surface area contributed by atoms with Crippen LogP contribution in [0.3, 0.4) is 0 Å². The smallest absolute Gasteiger partial charge is 0.133 e. The first-order valence-electron chi connectivity index (χ1n) is 12.4. The average molecular weight is 684 g/mol. The molecule has 0 unspecified atom stereocenters. The van der Waals surface area contributed by atoms with Crippen molar-refractivity contribution in [3.63, 3.8) is 0 Å². The molecule has 0 aromatic heterocycles. The summed E-state index contributed by atoms with van der Waals surface area (Å²) in [6.45, 7) is 4.26. The second-order valence-electron chi connectivity index (χ2n) is 11.1. The third-order valence-corrected chi connectivity index (χ3v) is 9.73. The minimum Gasteiger partial charge on any atom is -0.507 e. The molecule has 182 valence electrons. The molecule has 0 spiro atoms. The summed E-state index contributed by atoms with van der Waals surface area (Å²) in [6, 6.07) is 8.34. The lowest BCUT2D eigenvalue weighted by molar-refractivity contribution is -0.00616. The van der Waals surface area contributed by atoms with Crippen LogP contribution in [-0.4, -0.2) is 41.5 Å². The number of halogens is 2. The van der Waals surface area contributed by atoms with Crippen molar-refractivity contribution in [1.29, 1.82) is 0 Å². The molecule has 0 amide bonds. The highest BCUT2D eigenvalue weighted by molar-refractivity contribution is 14.1. The first-order valence-corrected chi connectivity index (χ1v) is 14.6. The highest BCUT2D eigenvalue weighted by Gasteiger charge is 2.52. The Morgan fingerprint density at radius 3 is 2.29 bits per heavy atom. The van der Waals surface area contributed by atoms with Gasteiger partial charge in [-0.3, -0.25) is 4.99 Å². The van der Waals surface area contributed by atoms with Gasteiger partial charge in [-0.15, -0.1) is 0 Å². The molecule has 2 N–H and O–H groups in total. The standard InChI is InChI=1S/C28H34I2N2O2/c1-17-5-21(15-31-3-4-32(2)16-22-10-23(29)11-25(30)27(22)34)26(33)24(6-17)28-12-18-7-19(13-28)9-20(8-18)14-28/h5-6,10-11,15,18-20,33-34H,3-4,7-9,12-14,16H2,1-2H3. The third-order valence-electron chi connectivity index (χ3n) is 8.28. The molecule has 6 rings (SSSR count). The summed E-state index contributed by atoms with van der Waals surface area (Å²) in [6.07, 6.45) is 9.85. The number of hydrogen-bond acceptors (Lipinski definition) is 4. The van der Waals surface area contributed by atoms with E-state index in [9.17, 15) is 10.2 Å². The Kier molecular flexibility index (Phi) is 7.21. The van der Waals surface area contributed by atoms with Crippen LogP contribution in [0, 0.1) is 31.8 Å². The molecule has 0 saturated heterocycles. The summed E-state index contributed by atoms with van der Waals surface area (Å²) >= 11 is 4.47. The topological polar surface area (TPSA) is 56.1 Å². The van der Waals surface area contributed by atoms with Crippen LogP contribution in [0.4, 0.5) is 0 Å². The molecular formula is C28H34I2N2O2. The van der Waals surface area contributed by atoms with Gasteiger partial charge in [0.2, 0.25) is 0 Å². The van der Waals surface area contributed by atoms with Crippen LogP contribution >= 0.6 is 45.2 Å². The number of nitrogens with zero attached hydrogens (tertiary/aromatic N) is 2. The molecule has 4 bridgehead atoms. The molecule has 0 heterocycles. The quantitative estimate of drug-likeness (QED) is 0.255. The van der Waals surface area contributed by atoms with Crippen molar-refractivity contribution in [2.45, 2.75) is 57.4 Å². The van der Waals surface area contributed by atoms with Crippen molar-refractivity contribution in [1.82, 2.24) is 4.90 Å². The number of likely N-dealkylation sites (N-methyl/N-ethyl adjacent to an activating group) is 1. The first kappa shape index (κ1) is 24.8. The molecule has 2 aromatic carbocycles. The highest BCUT2D eigenvalue weighted by Crippen LogP contribution is 2.62. The fourth-order valence-electron chi connectivity index (χ4n) is 7.25. The second kappa shape index (κ2) is 9.88. The number of benzene rings is 2. The summed E-state index contributed by atoms with van der Waals surface area (Å²) in [5, 5.41) is 21.7. The van der Waals surface area contributed by atoms with Gasteiger partial charge in [-0.25, -0.2) is 0 Å². The lowest BCUT2D eigenvalue weighted by Crippen LogP contribution is -2.48. The molecule has 4 nitrogen and oxygen atoms in total. The van der Waals surface area contributed by atoms with Gasteiger partial charge in [0.05, 0.1) is 10.1 Å². The summed E-state index contributed by atoms with van der Waals surface area (Å²) in [5.74, 6) is 3.40. The molecule has 0 aliphatic heterocycles. The normalized spacial score (nSPS) is 27.9. The maximum Gasteiger partial charge on any atom is 0.133 e. The zero-order valence-corrected chi connectivity index (χ0v) is 24.3. The Labute approximate surface area is 230 Å². The Morgan fingerprint density at radius 2 is 1.65 bits per heavy atom. The van der Waals surface area contributed by atoms with E-state index in [2.05, 4.69) is 81.2 Å². The van der Waals surface area contributed by atoms with Crippen LogP contribution in [0.15, 0.2) is 29.3 Å². The van der Waals surface area contributed by atoms with E-state index in [1.165, 1.54) is 49.7 Å². The number of phenolic OH excluding ortho intramolecular Hbond substituents is 2. The maximum atomic E-state index is 11.3. The van der Waals surface area contributed by atoms with Crippen molar-refractivity contribution in [2.75, 3.05) is 20.1 Å². The Morgan fingerprint density at radius 1 is 1.00 bits per heavy atom. The second-order valence-corrected chi connectivity index (χ2v) is 13.5. The van der Waals surface area contributed by atoms with E-state index in [1.54, 1.807) is 0 Å². The number of rotatable bonds is 7. The molecule has 34 heavy (non-hydrogen) atoms. The number of hydrogen-bond donors (Lipinski definition) is 2. The lowest BCUT2D eigenvalue weighted by Gasteiger charge is -2.57. The van der Waals surface area contributed by atoms with Crippen molar-refractivity contribution in [2.24, 2.45) is 22.7 Å².